The van der Waals surface area contributed by atoms with Gasteiger partial charge < -0.3 is 8.17 Å². The number of phenolic OH excluding ortho intramolecular Hbond substituents is 1. The van der Waals surface area contributed by atoms with Crippen LogP contribution in [0, 0.1) is 0 Å². The number of rotatable bonds is 4. The van der Waals surface area contributed by atoms with Crippen molar-refractivity contribution in [1.29, 1.82) is 0 Å². The Hall–Kier alpha value is -3.00. The molecule has 0 saturated carbocycles. The fourth-order valence-corrected chi connectivity index (χ4v) is 2.95. The molecule has 4 aromatic rings. The quantitative estimate of drug-likeness (QED) is 0.413. The van der Waals surface area contributed by atoms with Crippen LogP contribution in [0.15, 0.2) is 78.9 Å². The molecule has 0 spiro atoms. The van der Waals surface area contributed by atoms with Crippen molar-refractivity contribution in [3.8, 4) is 45.7 Å². The predicted octanol–water partition coefficient (Wildman–Crippen LogP) is 5.31. The zero-order chi connectivity index (χ0) is 18.6. The summed E-state index contributed by atoms with van der Waals surface area (Å²) in [5.41, 5.74) is 2.28. The molecule has 0 aliphatic carbocycles. The van der Waals surface area contributed by atoms with Crippen LogP contribution in [0.3, 0.4) is 0 Å². The Balaban J connectivity index is 1.91. The van der Waals surface area contributed by atoms with Gasteiger partial charge in [-0.05, 0) is 12.1 Å². The summed E-state index contributed by atoms with van der Waals surface area (Å²) in [6.07, 6.45) is 0. The van der Waals surface area contributed by atoms with E-state index in [0.29, 0.717) is 28.8 Å². The van der Waals surface area contributed by atoms with Crippen molar-refractivity contribution in [3.63, 3.8) is 0 Å². The van der Waals surface area contributed by atoms with E-state index in [0.717, 1.165) is 11.1 Å². The van der Waals surface area contributed by atoms with Crippen molar-refractivity contribution >= 4 is 23.0 Å². The van der Waals surface area contributed by atoms with Crippen molar-refractivity contribution in [3.05, 3.63) is 78.9 Å². The summed E-state index contributed by atoms with van der Waals surface area (Å²) in [7, 11) is 0. The Labute approximate surface area is 170 Å². The van der Waals surface area contributed by atoms with E-state index < -0.39 is 0 Å². The summed E-state index contributed by atoms with van der Waals surface area (Å²) in [6, 6.07) is 24.4. The third kappa shape index (κ3) is 3.75. The van der Waals surface area contributed by atoms with Crippen LogP contribution in [0.1, 0.15) is 0 Å². The average molecular weight is 467 g/mol. The van der Waals surface area contributed by atoms with Crippen molar-refractivity contribution in [1.82, 2.24) is 15.0 Å². The first-order valence-electron chi connectivity index (χ1n) is 8.23. The molecule has 6 heteroatoms. The Kier molecular flexibility index (Phi) is 4.97. The number of hydrogen-bond acceptors (Lipinski definition) is 5. The maximum atomic E-state index is 10.4. The molecular formula is C21H14IN3O2. The number of benzene rings is 3. The molecule has 0 atom stereocenters. The molecule has 3 aromatic carbocycles. The molecule has 0 aliphatic heterocycles. The number of nitrogens with zero attached hydrogens (tertiary/aromatic N) is 3. The van der Waals surface area contributed by atoms with Crippen LogP contribution in [-0.2, 0) is 0 Å². The highest BCUT2D eigenvalue weighted by atomic mass is 127. The van der Waals surface area contributed by atoms with Crippen LogP contribution in [0.4, 0.5) is 0 Å². The van der Waals surface area contributed by atoms with Gasteiger partial charge in [0.1, 0.15) is 11.5 Å². The van der Waals surface area contributed by atoms with Gasteiger partial charge in [-0.25, -0.2) is 15.0 Å². The molecule has 5 nitrogen and oxygen atoms in total. The monoisotopic (exact) mass is 467 g/mol. The van der Waals surface area contributed by atoms with E-state index in [1.165, 1.54) is 6.07 Å². The molecule has 0 amide bonds. The van der Waals surface area contributed by atoms with E-state index in [-0.39, 0.29) is 5.75 Å². The molecule has 0 radical (unpaired) electrons. The van der Waals surface area contributed by atoms with Crippen LogP contribution >= 0.6 is 23.0 Å². The molecule has 1 N–H and O–H groups in total. The smallest absolute Gasteiger partial charge is 0.192 e. The van der Waals surface area contributed by atoms with Gasteiger partial charge in [0.05, 0.1) is 5.56 Å². The van der Waals surface area contributed by atoms with E-state index in [4.69, 9.17) is 3.07 Å². The largest absolute Gasteiger partial charge is 0.507 e. The van der Waals surface area contributed by atoms with Crippen molar-refractivity contribution in [2.24, 2.45) is 0 Å². The Morgan fingerprint density at radius 3 is 1.67 bits per heavy atom. The molecule has 4 rings (SSSR count). The highest BCUT2D eigenvalue weighted by molar-refractivity contribution is 14.1. The van der Waals surface area contributed by atoms with E-state index in [9.17, 15) is 5.11 Å². The summed E-state index contributed by atoms with van der Waals surface area (Å²) in [6.45, 7) is 0. The summed E-state index contributed by atoms with van der Waals surface area (Å²) in [5, 5.41) is 10.4. The maximum absolute atomic E-state index is 10.4. The first-order chi connectivity index (χ1) is 13.2. The van der Waals surface area contributed by atoms with Crippen LogP contribution in [-0.4, -0.2) is 20.1 Å². The molecule has 1 aromatic heterocycles. The van der Waals surface area contributed by atoms with Gasteiger partial charge in [0.15, 0.2) is 40.5 Å². The molecule has 27 heavy (non-hydrogen) atoms. The zero-order valence-electron chi connectivity index (χ0n) is 14.1. The van der Waals surface area contributed by atoms with Gasteiger partial charge in [-0.3, -0.25) is 0 Å². The molecule has 0 fully saturated rings. The summed E-state index contributed by atoms with van der Waals surface area (Å²) in [5.74, 6) is 2.10. The maximum Gasteiger partial charge on any atom is 0.192 e. The highest BCUT2D eigenvalue weighted by Crippen LogP contribution is 2.33. The van der Waals surface area contributed by atoms with Crippen molar-refractivity contribution in [2.45, 2.75) is 0 Å². The molecule has 0 bridgehead atoms. The second kappa shape index (κ2) is 7.71. The lowest BCUT2D eigenvalue weighted by Gasteiger charge is -2.09. The summed E-state index contributed by atoms with van der Waals surface area (Å²) >= 11 is 1.77. The van der Waals surface area contributed by atoms with Crippen LogP contribution in [0.5, 0.6) is 11.5 Å². The molecule has 132 valence electrons. The third-order valence-electron chi connectivity index (χ3n) is 4.00. The van der Waals surface area contributed by atoms with Crippen molar-refractivity contribution < 1.29 is 8.17 Å². The Bertz CT molecular complexity index is 1020. The standard InChI is InChI=1S/C21H14IN3O2/c22-27-16-11-12-17(18(26)13-16)21-24-19(14-7-3-1-4-8-14)23-20(25-21)15-9-5-2-6-10-15/h1-13,26H. The lowest BCUT2D eigenvalue weighted by atomic mass is 10.1. The minimum atomic E-state index is 0.0494. The molecule has 1 heterocycles. The van der Waals surface area contributed by atoms with Crippen LogP contribution < -0.4 is 3.07 Å². The predicted molar refractivity (Wildman–Crippen MR) is 112 cm³/mol. The third-order valence-corrected chi connectivity index (χ3v) is 4.51. The topological polar surface area (TPSA) is 68.1 Å². The van der Waals surface area contributed by atoms with Crippen LogP contribution in [0.25, 0.3) is 34.2 Å². The first-order valence-corrected chi connectivity index (χ1v) is 9.11. The van der Waals surface area contributed by atoms with Gasteiger partial charge in [-0.2, -0.15) is 0 Å². The second-order valence-electron chi connectivity index (χ2n) is 5.79. The van der Waals surface area contributed by atoms with Crippen molar-refractivity contribution in [2.75, 3.05) is 0 Å². The minimum absolute atomic E-state index is 0.0494. The molecular weight excluding hydrogens is 453 g/mol. The van der Waals surface area contributed by atoms with Crippen LogP contribution in [0.2, 0.25) is 0 Å². The molecule has 0 aliphatic rings. The number of hydrogen-bond donors (Lipinski definition) is 1. The second-order valence-corrected chi connectivity index (χ2v) is 6.23. The fourth-order valence-electron chi connectivity index (χ4n) is 2.68. The van der Waals surface area contributed by atoms with E-state index in [2.05, 4.69) is 15.0 Å². The minimum Gasteiger partial charge on any atom is -0.507 e. The fraction of sp³-hybridized carbons (Fsp3) is 0. The van der Waals surface area contributed by atoms with Gasteiger partial charge >= 0.3 is 0 Å². The molecule has 0 unspecified atom stereocenters. The average Bonchev–Trinajstić information content (AvgIpc) is 2.74. The highest BCUT2D eigenvalue weighted by Gasteiger charge is 2.15. The lowest BCUT2D eigenvalue weighted by Crippen LogP contribution is -2.00. The normalized spacial score (nSPS) is 10.6. The van der Waals surface area contributed by atoms with E-state index >= 15 is 0 Å². The SMILES string of the molecule is Oc1cc(OI)ccc1-c1nc(-c2ccccc2)nc(-c2ccccc2)n1. The van der Waals surface area contributed by atoms with Gasteiger partial charge in [0.25, 0.3) is 0 Å². The van der Waals surface area contributed by atoms with Gasteiger partial charge in [-0.15, -0.1) is 0 Å². The zero-order valence-corrected chi connectivity index (χ0v) is 16.2. The Morgan fingerprint density at radius 2 is 1.19 bits per heavy atom. The van der Waals surface area contributed by atoms with E-state index in [1.54, 1.807) is 35.1 Å². The van der Waals surface area contributed by atoms with Gasteiger partial charge in [-0.1, -0.05) is 60.7 Å². The Morgan fingerprint density at radius 1 is 0.667 bits per heavy atom. The number of phenols is 1. The number of aromatic nitrogens is 3. The summed E-state index contributed by atoms with van der Waals surface area (Å²) in [4.78, 5) is 13.8. The van der Waals surface area contributed by atoms with Gasteiger partial charge in [0.2, 0.25) is 0 Å². The molecule has 0 saturated heterocycles. The number of aromatic hydroxyl groups is 1. The summed E-state index contributed by atoms with van der Waals surface area (Å²) < 4.78 is 5.13. The van der Waals surface area contributed by atoms with E-state index in [1.807, 2.05) is 60.7 Å². The first kappa shape index (κ1) is 17.4. The lowest BCUT2D eigenvalue weighted by molar-refractivity contribution is 0.474. The van der Waals surface area contributed by atoms with Gasteiger partial charge in [0, 0.05) is 17.2 Å². The number of halogens is 1.